The molecule has 2 heterocycles. The van der Waals surface area contributed by atoms with E-state index in [0.717, 1.165) is 47.6 Å². The van der Waals surface area contributed by atoms with Gasteiger partial charge in [0.05, 0.1) is 24.3 Å². The molecule has 1 saturated heterocycles. The van der Waals surface area contributed by atoms with Crippen LogP contribution in [-0.2, 0) is 11.2 Å². The minimum absolute atomic E-state index is 0.0370. The second-order valence-electron chi connectivity index (χ2n) is 7.15. The number of hydrogen-bond acceptors (Lipinski definition) is 5. The summed E-state index contributed by atoms with van der Waals surface area (Å²) in [6, 6.07) is 7.90. The van der Waals surface area contributed by atoms with Gasteiger partial charge in [0.15, 0.2) is 0 Å². The van der Waals surface area contributed by atoms with Gasteiger partial charge < -0.3 is 15.0 Å². The van der Waals surface area contributed by atoms with E-state index in [1.165, 1.54) is 12.8 Å². The van der Waals surface area contributed by atoms with Crippen molar-refractivity contribution in [2.45, 2.75) is 33.1 Å². The van der Waals surface area contributed by atoms with Crippen molar-refractivity contribution in [3.8, 4) is 16.3 Å². The number of thiazole rings is 1. The van der Waals surface area contributed by atoms with Crippen molar-refractivity contribution in [3.05, 3.63) is 35.3 Å². The second-order valence-corrected chi connectivity index (χ2v) is 8.01. The molecule has 6 heteroatoms. The summed E-state index contributed by atoms with van der Waals surface area (Å²) in [5.41, 5.74) is 1.79. The average molecular weight is 388 g/mol. The van der Waals surface area contributed by atoms with Gasteiger partial charge in [0.25, 0.3) is 0 Å². The lowest BCUT2D eigenvalue weighted by atomic mass is 10.0. The van der Waals surface area contributed by atoms with Crippen LogP contribution in [0.5, 0.6) is 5.75 Å². The Bertz CT molecular complexity index is 747. The normalized spacial score (nSPS) is 17.6. The van der Waals surface area contributed by atoms with Crippen molar-refractivity contribution in [2.75, 3.05) is 32.8 Å². The molecule has 5 nitrogen and oxygen atoms in total. The van der Waals surface area contributed by atoms with Crippen LogP contribution in [0.2, 0.25) is 0 Å². The van der Waals surface area contributed by atoms with Crippen LogP contribution in [0.25, 0.3) is 10.6 Å². The SMILES string of the molecule is CCOc1ccccc1-c1nc(CC(=O)NCCN2CCCC(C)C2)cs1. The smallest absolute Gasteiger partial charge is 0.226 e. The summed E-state index contributed by atoms with van der Waals surface area (Å²) in [5.74, 6) is 1.64. The molecule has 1 amide bonds. The number of likely N-dealkylation sites (tertiary alicyclic amines) is 1. The highest BCUT2D eigenvalue weighted by Crippen LogP contribution is 2.32. The molecule has 1 atom stereocenters. The maximum absolute atomic E-state index is 12.2. The van der Waals surface area contributed by atoms with Crippen LogP contribution in [0, 0.1) is 5.92 Å². The predicted octanol–water partition coefficient (Wildman–Crippen LogP) is 3.60. The van der Waals surface area contributed by atoms with Gasteiger partial charge in [-0.15, -0.1) is 11.3 Å². The number of aromatic nitrogens is 1. The average Bonchev–Trinajstić information content (AvgIpc) is 3.11. The summed E-state index contributed by atoms with van der Waals surface area (Å²) in [5, 5.41) is 5.89. The number of carbonyl (C=O) groups excluding carboxylic acids is 1. The summed E-state index contributed by atoms with van der Waals surface area (Å²) in [4.78, 5) is 19.3. The standard InChI is InChI=1S/C21H29N3O2S/c1-3-26-19-9-5-4-8-18(19)21-23-17(15-27-21)13-20(25)22-10-12-24-11-6-7-16(2)14-24/h4-5,8-9,15-16H,3,6-7,10-14H2,1-2H3,(H,22,25). The lowest BCUT2D eigenvalue weighted by Gasteiger charge is -2.30. The molecule has 1 aliphatic rings. The molecule has 0 aliphatic carbocycles. The molecular formula is C21H29N3O2S. The fourth-order valence-electron chi connectivity index (χ4n) is 3.51. The van der Waals surface area contributed by atoms with Crippen molar-refractivity contribution in [1.29, 1.82) is 0 Å². The Hall–Kier alpha value is -1.92. The molecule has 1 aromatic heterocycles. The summed E-state index contributed by atoms with van der Waals surface area (Å²) in [6.07, 6.45) is 2.91. The van der Waals surface area contributed by atoms with Gasteiger partial charge in [-0.1, -0.05) is 19.1 Å². The number of rotatable bonds is 8. The number of benzene rings is 1. The number of piperidine rings is 1. The van der Waals surface area contributed by atoms with Gasteiger partial charge >= 0.3 is 0 Å². The third-order valence-electron chi connectivity index (χ3n) is 4.80. The molecule has 1 aromatic carbocycles. The summed E-state index contributed by atoms with van der Waals surface area (Å²) < 4.78 is 5.68. The van der Waals surface area contributed by atoms with Crippen molar-refractivity contribution in [2.24, 2.45) is 5.92 Å². The zero-order chi connectivity index (χ0) is 19.1. The molecular weight excluding hydrogens is 358 g/mol. The molecule has 0 saturated carbocycles. The highest BCUT2D eigenvalue weighted by Gasteiger charge is 2.16. The molecule has 1 fully saturated rings. The third-order valence-corrected chi connectivity index (χ3v) is 5.73. The highest BCUT2D eigenvalue weighted by atomic mass is 32.1. The Morgan fingerprint density at radius 1 is 1.41 bits per heavy atom. The second kappa shape index (κ2) is 9.85. The van der Waals surface area contributed by atoms with E-state index in [4.69, 9.17) is 4.74 Å². The van der Waals surface area contributed by atoms with Gasteiger partial charge in [0, 0.05) is 25.0 Å². The lowest BCUT2D eigenvalue weighted by Crippen LogP contribution is -2.40. The van der Waals surface area contributed by atoms with Crippen molar-refractivity contribution < 1.29 is 9.53 Å². The Labute approximate surface area is 165 Å². The molecule has 3 rings (SSSR count). The maximum atomic E-state index is 12.2. The van der Waals surface area contributed by atoms with E-state index < -0.39 is 0 Å². The molecule has 1 aliphatic heterocycles. The number of hydrogen-bond donors (Lipinski definition) is 1. The molecule has 0 spiro atoms. The Balaban J connectivity index is 1.49. The maximum Gasteiger partial charge on any atom is 0.226 e. The predicted molar refractivity (Wildman–Crippen MR) is 110 cm³/mol. The number of carbonyl (C=O) groups is 1. The molecule has 1 N–H and O–H groups in total. The van der Waals surface area contributed by atoms with Gasteiger partial charge in [0.2, 0.25) is 5.91 Å². The van der Waals surface area contributed by atoms with Gasteiger partial charge in [-0.25, -0.2) is 4.98 Å². The van der Waals surface area contributed by atoms with Crippen LogP contribution in [0.15, 0.2) is 29.6 Å². The zero-order valence-electron chi connectivity index (χ0n) is 16.2. The molecule has 146 valence electrons. The zero-order valence-corrected chi connectivity index (χ0v) is 17.1. The van der Waals surface area contributed by atoms with Crippen LogP contribution in [0.4, 0.5) is 0 Å². The van der Waals surface area contributed by atoms with Crippen molar-refractivity contribution in [1.82, 2.24) is 15.2 Å². The van der Waals surface area contributed by atoms with Crippen LogP contribution >= 0.6 is 11.3 Å². The summed E-state index contributed by atoms with van der Waals surface area (Å²) >= 11 is 1.55. The van der Waals surface area contributed by atoms with E-state index in [1.54, 1.807) is 11.3 Å². The van der Waals surface area contributed by atoms with Gasteiger partial charge in [-0.2, -0.15) is 0 Å². The van der Waals surface area contributed by atoms with E-state index in [9.17, 15) is 4.79 Å². The van der Waals surface area contributed by atoms with Crippen LogP contribution in [0.1, 0.15) is 32.4 Å². The van der Waals surface area contributed by atoms with E-state index in [-0.39, 0.29) is 5.91 Å². The highest BCUT2D eigenvalue weighted by molar-refractivity contribution is 7.13. The van der Waals surface area contributed by atoms with Gasteiger partial charge in [0.1, 0.15) is 10.8 Å². The van der Waals surface area contributed by atoms with Crippen LogP contribution < -0.4 is 10.1 Å². The Kier molecular flexibility index (Phi) is 7.24. The minimum atomic E-state index is 0.0370. The number of nitrogens with zero attached hydrogens (tertiary/aromatic N) is 2. The van der Waals surface area contributed by atoms with Crippen molar-refractivity contribution in [3.63, 3.8) is 0 Å². The number of amides is 1. The first-order chi connectivity index (χ1) is 13.2. The molecule has 0 radical (unpaired) electrons. The summed E-state index contributed by atoms with van der Waals surface area (Å²) in [6.45, 7) is 8.82. The van der Waals surface area contributed by atoms with Gasteiger partial charge in [-0.3, -0.25) is 4.79 Å². The van der Waals surface area contributed by atoms with Gasteiger partial charge in [-0.05, 0) is 44.4 Å². The van der Waals surface area contributed by atoms with E-state index in [1.807, 2.05) is 36.6 Å². The van der Waals surface area contributed by atoms with E-state index in [2.05, 4.69) is 22.1 Å². The summed E-state index contributed by atoms with van der Waals surface area (Å²) in [7, 11) is 0. The van der Waals surface area contributed by atoms with Crippen molar-refractivity contribution >= 4 is 17.2 Å². The monoisotopic (exact) mass is 387 g/mol. The molecule has 1 unspecified atom stereocenters. The van der Waals surface area contributed by atoms with E-state index in [0.29, 0.717) is 19.6 Å². The first kappa shape index (κ1) is 19.8. The molecule has 0 bridgehead atoms. The molecule has 27 heavy (non-hydrogen) atoms. The fraction of sp³-hybridized carbons (Fsp3) is 0.524. The van der Waals surface area contributed by atoms with Crippen LogP contribution in [0.3, 0.4) is 0 Å². The largest absolute Gasteiger partial charge is 0.493 e. The quantitative estimate of drug-likeness (QED) is 0.752. The fourth-order valence-corrected chi connectivity index (χ4v) is 4.36. The Morgan fingerprint density at radius 3 is 3.07 bits per heavy atom. The topological polar surface area (TPSA) is 54.5 Å². The lowest BCUT2D eigenvalue weighted by molar-refractivity contribution is -0.120. The van der Waals surface area contributed by atoms with Crippen LogP contribution in [-0.4, -0.2) is 48.6 Å². The number of para-hydroxylation sites is 1. The number of ether oxygens (including phenoxy) is 1. The Morgan fingerprint density at radius 2 is 2.26 bits per heavy atom. The van der Waals surface area contributed by atoms with E-state index >= 15 is 0 Å². The number of nitrogens with one attached hydrogen (secondary N) is 1. The third kappa shape index (κ3) is 5.78. The first-order valence-electron chi connectivity index (χ1n) is 9.81. The molecule has 2 aromatic rings. The first-order valence-corrected chi connectivity index (χ1v) is 10.7. The minimum Gasteiger partial charge on any atom is -0.493 e.